The van der Waals surface area contributed by atoms with Gasteiger partial charge >= 0.3 is 5.97 Å². The molecule has 0 bridgehead atoms. The lowest BCUT2D eigenvalue weighted by Crippen LogP contribution is -2.31. The molecule has 0 amide bonds. The second kappa shape index (κ2) is 8.08. The van der Waals surface area contributed by atoms with Crippen LogP contribution in [0.1, 0.15) is 24.0 Å². The van der Waals surface area contributed by atoms with Crippen LogP contribution >= 0.6 is 11.3 Å². The second-order valence-corrected chi connectivity index (χ2v) is 6.87. The highest BCUT2D eigenvalue weighted by atomic mass is 32.1. The number of carboxylic acids is 1. The summed E-state index contributed by atoms with van der Waals surface area (Å²) in [5, 5.41) is 16.0. The highest BCUT2D eigenvalue weighted by molar-refractivity contribution is 7.17. The lowest BCUT2D eigenvalue weighted by molar-refractivity contribution is -0.137. The molecule has 3 nitrogen and oxygen atoms in total. The van der Waals surface area contributed by atoms with Crippen LogP contribution in [-0.4, -0.2) is 17.1 Å². The summed E-state index contributed by atoms with van der Waals surface area (Å²) >= 11 is 1.75. The Balaban J connectivity index is 1.67. The molecule has 4 heteroatoms. The molecule has 0 aliphatic carbocycles. The molecular formula is C20H21NO2S. The van der Waals surface area contributed by atoms with Crippen LogP contribution in [0.5, 0.6) is 0 Å². The average Bonchev–Trinajstić information content (AvgIpc) is 3.01. The third-order valence-corrected chi connectivity index (χ3v) is 5.19. The Bertz CT molecular complexity index is 798. The van der Waals surface area contributed by atoms with Crippen molar-refractivity contribution >= 4 is 27.4 Å². The van der Waals surface area contributed by atoms with E-state index in [1.54, 1.807) is 11.3 Å². The van der Waals surface area contributed by atoms with Gasteiger partial charge in [0.2, 0.25) is 0 Å². The Morgan fingerprint density at radius 3 is 2.62 bits per heavy atom. The van der Waals surface area contributed by atoms with Crippen molar-refractivity contribution in [1.82, 2.24) is 5.32 Å². The molecule has 2 N–H and O–H groups in total. The van der Waals surface area contributed by atoms with Crippen molar-refractivity contribution in [2.24, 2.45) is 0 Å². The molecule has 2 aromatic carbocycles. The number of fused-ring (bicyclic) bond motifs is 1. The molecule has 0 saturated carbocycles. The summed E-state index contributed by atoms with van der Waals surface area (Å²) in [5.74, 6) is -0.740. The lowest BCUT2D eigenvalue weighted by Gasteiger charge is -2.18. The smallest absolute Gasteiger partial charge is 0.303 e. The zero-order valence-electron chi connectivity index (χ0n) is 13.4. The van der Waals surface area contributed by atoms with E-state index in [1.807, 2.05) is 18.2 Å². The topological polar surface area (TPSA) is 49.3 Å². The number of hydrogen-bond acceptors (Lipinski definition) is 3. The van der Waals surface area contributed by atoms with Gasteiger partial charge in [-0.25, -0.2) is 0 Å². The molecule has 0 radical (unpaired) electrons. The summed E-state index contributed by atoms with van der Waals surface area (Å²) in [6, 6.07) is 18.8. The second-order valence-electron chi connectivity index (χ2n) is 5.96. The van der Waals surface area contributed by atoms with Crippen LogP contribution in [0.25, 0.3) is 10.1 Å². The largest absolute Gasteiger partial charge is 0.481 e. The highest BCUT2D eigenvalue weighted by Gasteiger charge is 2.13. The first-order valence-electron chi connectivity index (χ1n) is 8.16. The molecule has 0 spiro atoms. The van der Waals surface area contributed by atoms with Gasteiger partial charge in [0.25, 0.3) is 0 Å². The first kappa shape index (κ1) is 16.7. The van der Waals surface area contributed by atoms with Crippen LogP contribution in [0.2, 0.25) is 0 Å². The number of nitrogens with one attached hydrogen (secondary N) is 1. The number of carbonyl (C=O) groups is 1. The average molecular weight is 339 g/mol. The van der Waals surface area contributed by atoms with Crippen molar-refractivity contribution in [2.45, 2.75) is 31.8 Å². The van der Waals surface area contributed by atoms with Gasteiger partial charge in [-0.05, 0) is 40.8 Å². The summed E-state index contributed by atoms with van der Waals surface area (Å²) in [6.07, 6.45) is 1.66. The molecule has 3 aromatic rings. The van der Waals surface area contributed by atoms with Gasteiger partial charge < -0.3 is 10.4 Å². The summed E-state index contributed by atoms with van der Waals surface area (Å²) < 4.78 is 1.29. The molecular weight excluding hydrogens is 318 g/mol. The first-order valence-corrected chi connectivity index (χ1v) is 9.04. The number of rotatable bonds is 8. The van der Waals surface area contributed by atoms with Crippen LogP contribution in [0.3, 0.4) is 0 Å². The maximum atomic E-state index is 10.9. The van der Waals surface area contributed by atoms with Gasteiger partial charge in [-0.1, -0.05) is 48.5 Å². The van der Waals surface area contributed by atoms with Crippen molar-refractivity contribution < 1.29 is 9.90 Å². The molecule has 24 heavy (non-hydrogen) atoms. The number of aliphatic carboxylic acids is 1. The van der Waals surface area contributed by atoms with Gasteiger partial charge in [0.1, 0.15) is 0 Å². The van der Waals surface area contributed by atoms with Gasteiger partial charge in [-0.15, -0.1) is 11.3 Å². The molecule has 0 fully saturated rings. The normalized spacial score (nSPS) is 12.3. The Hall–Kier alpha value is -2.17. The summed E-state index contributed by atoms with van der Waals surface area (Å²) in [4.78, 5) is 10.9. The van der Waals surface area contributed by atoms with Crippen LogP contribution in [-0.2, 0) is 17.8 Å². The Morgan fingerprint density at radius 1 is 1.08 bits per heavy atom. The molecule has 1 aromatic heterocycles. The Labute approximate surface area is 146 Å². The minimum absolute atomic E-state index is 0.155. The van der Waals surface area contributed by atoms with Crippen molar-refractivity contribution in [3.05, 3.63) is 71.1 Å². The fraction of sp³-hybridized carbons (Fsp3) is 0.250. The van der Waals surface area contributed by atoms with E-state index in [1.165, 1.54) is 21.2 Å². The molecule has 1 heterocycles. The van der Waals surface area contributed by atoms with Gasteiger partial charge in [-0.2, -0.15) is 0 Å². The molecule has 0 saturated heterocycles. The van der Waals surface area contributed by atoms with E-state index in [-0.39, 0.29) is 12.5 Å². The summed E-state index contributed by atoms with van der Waals surface area (Å²) in [5.41, 5.74) is 2.51. The maximum absolute atomic E-state index is 10.9. The van der Waals surface area contributed by atoms with Crippen molar-refractivity contribution in [3.8, 4) is 0 Å². The monoisotopic (exact) mass is 339 g/mol. The molecule has 3 rings (SSSR count). The van der Waals surface area contributed by atoms with E-state index in [2.05, 4.69) is 47.1 Å². The van der Waals surface area contributed by atoms with E-state index in [9.17, 15) is 4.79 Å². The number of thiophene rings is 1. The van der Waals surface area contributed by atoms with Crippen molar-refractivity contribution in [2.75, 3.05) is 0 Å². The number of carboxylic acid groups (broad SMARTS) is 1. The third-order valence-electron chi connectivity index (χ3n) is 4.17. The third kappa shape index (κ3) is 4.43. The predicted octanol–water partition coefficient (Wildman–Crippen LogP) is 4.47. The van der Waals surface area contributed by atoms with Crippen molar-refractivity contribution in [1.29, 1.82) is 0 Å². The predicted molar refractivity (Wildman–Crippen MR) is 99.5 cm³/mol. The van der Waals surface area contributed by atoms with Crippen LogP contribution in [0.4, 0.5) is 0 Å². The molecule has 124 valence electrons. The van der Waals surface area contributed by atoms with E-state index in [0.717, 1.165) is 13.0 Å². The van der Waals surface area contributed by atoms with Gasteiger partial charge in [-0.3, -0.25) is 4.79 Å². The van der Waals surface area contributed by atoms with Crippen molar-refractivity contribution in [3.63, 3.8) is 0 Å². The van der Waals surface area contributed by atoms with E-state index < -0.39 is 5.97 Å². The fourth-order valence-corrected chi connectivity index (χ4v) is 3.86. The number of benzene rings is 2. The zero-order chi connectivity index (χ0) is 16.8. The molecule has 0 aliphatic rings. The quantitative estimate of drug-likeness (QED) is 0.637. The SMILES string of the molecule is O=C(O)CCC(Cc1ccccc1)NCc1csc2ccccc12. The maximum Gasteiger partial charge on any atom is 0.303 e. The fourth-order valence-electron chi connectivity index (χ4n) is 2.90. The van der Waals surface area contributed by atoms with Gasteiger partial charge in [0.15, 0.2) is 0 Å². The van der Waals surface area contributed by atoms with E-state index in [4.69, 9.17) is 5.11 Å². The zero-order valence-corrected chi connectivity index (χ0v) is 14.3. The van der Waals surface area contributed by atoms with E-state index >= 15 is 0 Å². The van der Waals surface area contributed by atoms with Crippen LogP contribution in [0, 0.1) is 0 Å². The van der Waals surface area contributed by atoms with Gasteiger partial charge in [0, 0.05) is 23.7 Å². The molecule has 1 atom stereocenters. The summed E-state index contributed by atoms with van der Waals surface area (Å²) in [6.45, 7) is 0.765. The highest BCUT2D eigenvalue weighted by Crippen LogP contribution is 2.25. The first-order chi connectivity index (χ1) is 11.7. The minimum atomic E-state index is -0.740. The summed E-state index contributed by atoms with van der Waals surface area (Å²) in [7, 11) is 0. The lowest BCUT2D eigenvalue weighted by atomic mass is 10.0. The van der Waals surface area contributed by atoms with E-state index in [0.29, 0.717) is 6.42 Å². The Morgan fingerprint density at radius 2 is 1.83 bits per heavy atom. The van der Waals surface area contributed by atoms with Gasteiger partial charge in [0.05, 0.1) is 0 Å². The Kier molecular flexibility index (Phi) is 5.62. The number of hydrogen-bond donors (Lipinski definition) is 2. The van der Waals surface area contributed by atoms with Crippen LogP contribution in [0.15, 0.2) is 60.0 Å². The van der Waals surface area contributed by atoms with Crippen LogP contribution < -0.4 is 5.32 Å². The molecule has 1 unspecified atom stereocenters. The molecule has 0 aliphatic heterocycles. The minimum Gasteiger partial charge on any atom is -0.481 e. The standard InChI is InChI=1S/C20H21NO2S/c22-20(23)11-10-17(12-15-6-2-1-3-7-15)21-13-16-14-24-19-9-5-4-8-18(16)19/h1-9,14,17,21H,10-13H2,(H,22,23).